The van der Waals surface area contributed by atoms with Crippen molar-refractivity contribution in [2.24, 2.45) is 0 Å². The van der Waals surface area contributed by atoms with Crippen LogP contribution in [0.1, 0.15) is 37.8 Å². The molecule has 3 aromatic carbocycles. The summed E-state index contributed by atoms with van der Waals surface area (Å²) in [5.41, 5.74) is 9.20. The van der Waals surface area contributed by atoms with Gasteiger partial charge in [0.2, 0.25) is 0 Å². The molecule has 0 saturated carbocycles. The number of fused-ring (bicyclic) bond motifs is 1. The SMILES string of the molecule is CC.Cc1cc(S(=O)(=O)O)c2cc(NCC(C)c3ccc(N)cc3)ccc2c1. The summed E-state index contributed by atoms with van der Waals surface area (Å²) in [7, 11) is -4.29. The van der Waals surface area contributed by atoms with E-state index in [1.54, 1.807) is 13.0 Å². The summed E-state index contributed by atoms with van der Waals surface area (Å²) in [5, 5.41) is 4.61. The summed E-state index contributed by atoms with van der Waals surface area (Å²) in [6.07, 6.45) is 0. The third-order valence-corrected chi connectivity index (χ3v) is 5.35. The van der Waals surface area contributed by atoms with Gasteiger partial charge in [-0.3, -0.25) is 4.55 Å². The molecule has 28 heavy (non-hydrogen) atoms. The third-order valence-electron chi connectivity index (χ3n) is 4.46. The van der Waals surface area contributed by atoms with E-state index in [4.69, 9.17) is 5.73 Å². The van der Waals surface area contributed by atoms with E-state index in [2.05, 4.69) is 12.2 Å². The largest absolute Gasteiger partial charge is 0.399 e. The number of aryl methyl sites for hydroxylation is 1. The summed E-state index contributed by atoms with van der Waals surface area (Å²) < 4.78 is 33.0. The average molecular weight is 401 g/mol. The Bertz CT molecular complexity index is 1050. The molecular weight excluding hydrogens is 372 g/mol. The Labute approximate surface area is 167 Å². The molecule has 1 atom stereocenters. The smallest absolute Gasteiger partial charge is 0.295 e. The minimum atomic E-state index is -4.29. The highest BCUT2D eigenvalue weighted by atomic mass is 32.2. The minimum absolute atomic E-state index is 0.0669. The monoisotopic (exact) mass is 400 g/mol. The molecule has 4 N–H and O–H groups in total. The topological polar surface area (TPSA) is 92.4 Å². The predicted octanol–water partition coefficient (Wildman–Crippen LogP) is 5.22. The Balaban J connectivity index is 0.00000136. The quantitative estimate of drug-likeness (QED) is 0.403. The number of nitrogens with two attached hydrogens (primary N) is 1. The molecule has 6 heteroatoms. The van der Waals surface area contributed by atoms with Gasteiger partial charge in [-0.15, -0.1) is 0 Å². The zero-order valence-electron chi connectivity index (χ0n) is 16.7. The van der Waals surface area contributed by atoms with E-state index >= 15 is 0 Å². The summed E-state index contributed by atoms with van der Waals surface area (Å²) in [6.45, 7) is 8.59. The van der Waals surface area contributed by atoms with Crippen LogP contribution in [0.15, 0.2) is 59.5 Å². The van der Waals surface area contributed by atoms with E-state index in [0.717, 1.165) is 22.3 Å². The van der Waals surface area contributed by atoms with Crippen LogP contribution in [0.5, 0.6) is 0 Å². The lowest BCUT2D eigenvalue weighted by Gasteiger charge is -2.15. The molecule has 0 heterocycles. The number of rotatable bonds is 5. The fourth-order valence-electron chi connectivity index (χ4n) is 3.00. The zero-order chi connectivity index (χ0) is 20.9. The molecule has 0 aliphatic carbocycles. The molecule has 0 fully saturated rings. The standard InChI is InChI=1S/C20H22N2O3S.C2H6/c1-13-9-16-5-8-18(11-19(16)20(10-13)26(23,24)25)22-12-14(2)15-3-6-17(21)7-4-15;1-2/h3-11,14,22H,12,21H2,1-2H3,(H,23,24,25);1-2H3. The maximum Gasteiger partial charge on any atom is 0.295 e. The van der Waals surface area contributed by atoms with Crippen molar-refractivity contribution in [2.45, 2.75) is 38.5 Å². The Morgan fingerprint density at radius 1 is 1.04 bits per heavy atom. The van der Waals surface area contributed by atoms with E-state index < -0.39 is 10.1 Å². The van der Waals surface area contributed by atoms with Gasteiger partial charge in [0.05, 0.1) is 0 Å². The number of anilines is 2. The first-order valence-corrected chi connectivity index (χ1v) is 10.8. The molecule has 0 spiro atoms. The van der Waals surface area contributed by atoms with Gasteiger partial charge >= 0.3 is 0 Å². The van der Waals surface area contributed by atoms with Gasteiger partial charge in [-0.25, -0.2) is 0 Å². The number of hydrogen-bond donors (Lipinski definition) is 3. The van der Waals surface area contributed by atoms with Crippen molar-refractivity contribution in [3.8, 4) is 0 Å². The van der Waals surface area contributed by atoms with Crippen LogP contribution in [0.2, 0.25) is 0 Å². The van der Waals surface area contributed by atoms with E-state index in [-0.39, 0.29) is 10.8 Å². The maximum atomic E-state index is 11.7. The van der Waals surface area contributed by atoms with E-state index in [9.17, 15) is 13.0 Å². The minimum Gasteiger partial charge on any atom is -0.399 e. The number of benzene rings is 3. The van der Waals surface area contributed by atoms with Gasteiger partial charge in [-0.1, -0.05) is 45.0 Å². The highest BCUT2D eigenvalue weighted by Crippen LogP contribution is 2.28. The van der Waals surface area contributed by atoms with Gasteiger partial charge in [0.25, 0.3) is 10.1 Å². The van der Waals surface area contributed by atoms with Crippen LogP contribution in [0.3, 0.4) is 0 Å². The van der Waals surface area contributed by atoms with Crippen molar-refractivity contribution < 1.29 is 13.0 Å². The maximum absolute atomic E-state index is 11.7. The Kier molecular flexibility index (Phi) is 7.05. The van der Waals surface area contributed by atoms with Gasteiger partial charge in [0.1, 0.15) is 4.90 Å². The van der Waals surface area contributed by atoms with Crippen LogP contribution in [0.4, 0.5) is 11.4 Å². The van der Waals surface area contributed by atoms with E-state index in [1.165, 1.54) is 11.6 Å². The molecule has 3 rings (SSSR count). The first-order chi connectivity index (χ1) is 13.2. The number of nitrogen functional groups attached to an aromatic ring is 1. The average Bonchev–Trinajstić information content (AvgIpc) is 2.67. The first kappa shape index (κ1) is 21.7. The molecule has 0 aliphatic heterocycles. The molecule has 0 amide bonds. The Hall–Kier alpha value is -2.57. The fraction of sp³-hybridized carbons (Fsp3) is 0.273. The number of hydrogen-bond acceptors (Lipinski definition) is 4. The van der Waals surface area contributed by atoms with Crippen LogP contribution in [-0.4, -0.2) is 19.5 Å². The van der Waals surface area contributed by atoms with Crippen molar-refractivity contribution in [1.82, 2.24) is 0 Å². The van der Waals surface area contributed by atoms with Gasteiger partial charge in [0, 0.05) is 23.3 Å². The second-order valence-electron chi connectivity index (χ2n) is 6.62. The van der Waals surface area contributed by atoms with Crippen molar-refractivity contribution in [2.75, 3.05) is 17.6 Å². The molecule has 0 saturated heterocycles. The highest BCUT2D eigenvalue weighted by Gasteiger charge is 2.15. The summed E-state index contributed by atoms with van der Waals surface area (Å²) >= 11 is 0. The second kappa shape index (κ2) is 9.08. The van der Waals surface area contributed by atoms with Crippen LogP contribution in [0, 0.1) is 6.92 Å². The van der Waals surface area contributed by atoms with Crippen LogP contribution >= 0.6 is 0 Å². The molecule has 0 aliphatic rings. The number of nitrogens with one attached hydrogen (secondary N) is 1. The zero-order valence-corrected chi connectivity index (χ0v) is 17.5. The van der Waals surface area contributed by atoms with Crippen LogP contribution in [-0.2, 0) is 10.1 Å². The lowest BCUT2D eigenvalue weighted by Crippen LogP contribution is -2.10. The second-order valence-corrected chi connectivity index (χ2v) is 8.01. The Morgan fingerprint density at radius 3 is 2.29 bits per heavy atom. The van der Waals surface area contributed by atoms with Crippen LogP contribution < -0.4 is 11.1 Å². The molecule has 5 nitrogen and oxygen atoms in total. The van der Waals surface area contributed by atoms with Gasteiger partial charge < -0.3 is 11.1 Å². The lowest BCUT2D eigenvalue weighted by atomic mass is 10.0. The molecule has 0 bridgehead atoms. The van der Waals surface area contributed by atoms with E-state index in [1.807, 2.05) is 56.3 Å². The van der Waals surface area contributed by atoms with E-state index in [0.29, 0.717) is 11.9 Å². The predicted molar refractivity (Wildman–Crippen MR) is 118 cm³/mol. The summed E-state index contributed by atoms with van der Waals surface area (Å²) in [4.78, 5) is -0.0669. The highest BCUT2D eigenvalue weighted by molar-refractivity contribution is 7.86. The normalized spacial score (nSPS) is 12.2. The van der Waals surface area contributed by atoms with Gasteiger partial charge in [-0.2, -0.15) is 8.42 Å². The fourth-order valence-corrected chi connectivity index (χ4v) is 3.79. The van der Waals surface area contributed by atoms with Crippen LogP contribution in [0.25, 0.3) is 10.8 Å². The molecule has 1 unspecified atom stereocenters. The van der Waals surface area contributed by atoms with Crippen molar-refractivity contribution in [3.05, 3.63) is 65.7 Å². The third kappa shape index (κ3) is 5.24. The summed E-state index contributed by atoms with van der Waals surface area (Å²) in [5.74, 6) is 0.255. The summed E-state index contributed by atoms with van der Waals surface area (Å²) in [6, 6.07) is 16.7. The first-order valence-electron chi connectivity index (χ1n) is 9.35. The molecule has 150 valence electrons. The van der Waals surface area contributed by atoms with Crippen molar-refractivity contribution in [3.63, 3.8) is 0 Å². The molecule has 0 radical (unpaired) electrons. The molecule has 0 aromatic heterocycles. The van der Waals surface area contributed by atoms with Gasteiger partial charge in [-0.05, 0) is 59.7 Å². The van der Waals surface area contributed by atoms with Crippen molar-refractivity contribution >= 4 is 32.3 Å². The molecular formula is C22H28N2O3S. The lowest BCUT2D eigenvalue weighted by molar-refractivity contribution is 0.484. The Morgan fingerprint density at radius 2 is 1.68 bits per heavy atom. The van der Waals surface area contributed by atoms with Gasteiger partial charge in [0.15, 0.2) is 0 Å². The molecule has 3 aromatic rings. The van der Waals surface area contributed by atoms with Crippen molar-refractivity contribution in [1.29, 1.82) is 0 Å².